The summed E-state index contributed by atoms with van der Waals surface area (Å²) in [6.07, 6.45) is 6.54. The highest BCUT2D eigenvalue weighted by molar-refractivity contribution is 5.43. The van der Waals surface area contributed by atoms with E-state index in [1.54, 1.807) is 24.9 Å². The van der Waals surface area contributed by atoms with Crippen LogP contribution in [0.5, 0.6) is 0 Å². The maximum Gasteiger partial charge on any atom is 0.150 e. The Morgan fingerprint density at radius 2 is 2.15 bits per heavy atom. The third kappa shape index (κ3) is 2.53. The Labute approximate surface area is 117 Å². The van der Waals surface area contributed by atoms with Crippen LogP contribution in [0.15, 0.2) is 31.0 Å². The summed E-state index contributed by atoms with van der Waals surface area (Å²) in [5, 5.41) is 3.05. The number of rotatable bonds is 3. The van der Waals surface area contributed by atoms with Gasteiger partial charge in [-0.2, -0.15) is 0 Å². The maximum absolute atomic E-state index is 5.83. The van der Waals surface area contributed by atoms with Gasteiger partial charge in [0.05, 0.1) is 13.2 Å². The second-order valence-corrected chi connectivity index (χ2v) is 4.41. The Bertz CT molecular complexity index is 564. The molecule has 0 radical (unpaired) electrons. The van der Waals surface area contributed by atoms with Crippen molar-refractivity contribution in [3.63, 3.8) is 0 Å². The second-order valence-electron chi connectivity index (χ2n) is 4.41. The third-order valence-electron chi connectivity index (χ3n) is 3.23. The number of ether oxygens (including phenoxy) is 1. The van der Waals surface area contributed by atoms with Crippen molar-refractivity contribution >= 4 is 11.6 Å². The highest BCUT2D eigenvalue weighted by Crippen LogP contribution is 2.26. The van der Waals surface area contributed by atoms with Gasteiger partial charge in [-0.1, -0.05) is 0 Å². The van der Waals surface area contributed by atoms with Gasteiger partial charge in [0.25, 0.3) is 0 Å². The van der Waals surface area contributed by atoms with Gasteiger partial charge in [-0.05, 0) is 6.07 Å². The largest absolute Gasteiger partial charge is 0.372 e. The Balaban J connectivity index is 1.82. The lowest BCUT2D eigenvalue weighted by molar-refractivity contribution is 0.0370. The molecule has 1 aliphatic rings. The van der Waals surface area contributed by atoms with Crippen molar-refractivity contribution in [3.8, 4) is 0 Å². The third-order valence-corrected chi connectivity index (χ3v) is 3.23. The van der Waals surface area contributed by atoms with Crippen LogP contribution in [-0.4, -0.2) is 46.7 Å². The lowest BCUT2D eigenvalue weighted by Crippen LogP contribution is -2.39. The summed E-state index contributed by atoms with van der Waals surface area (Å²) in [4.78, 5) is 19.1. The molecule has 20 heavy (non-hydrogen) atoms. The Morgan fingerprint density at radius 3 is 2.95 bits per heavy atom. The van der Waals surface area contributed by atoms with Crippen LogP contribution >= 0.6 is 0 Å². The summed E-state index contributed by atoms with van der Waals surface area (Å²) >= 11 is 0. The molecule has 1 aliphatic heterocycles. The molecule has 1 N–H and O–H groups in total. The lowest BCUT2D eigenvalue weighted by Gasteiger charge is -2.33. The number of hydrogen-bond acceptors (Lipinski definition) is 7. The Kier molecular flexibility index (Phi) is 3.69. The van der Waals surface area contributed by atoms with Gasteiger partial charge in [-0.3, -0.25) is 4.98 Å². The average molecular weight is 272 g/mol. The fraction of sp³-hybridized carbons (Fsp3) is 0.385. The van der Waals surface area contributed by atoms with Gasteiger partial charge in [-0.15, -0.1) is 0 Å². The molecule has 1 fully saturated rings. The minimum Gasteiger partial charge on any atom is -0.372 e. The lowest BCUT2D eigenvalue weighted by atomic mass is 10.2. The standard InChI is InChI=1S/C13H16N6O/c1-14-13-12(16-4-5-17-13)10-8-19(6-7-20-10)11-2-3-15-9-18-11/h2-5,9-10H,6-8H2,1H3,(H,14,17)/t10-/m1/s1. The predicted octanol–water partition coefficient (Wildman–Crippen LogP) is 0.886. The van der Waals surface area contributed by atoms with Gasteiger partial charge in [0.2, 0.25) is 0 Å². The maximum atomic E-state index is 5.83. The molecule has 2 aromatic heterocycles. The van der Waals surface area contributed by atoms with Gasteiger partial charge in [0.15, 0.2) is 0 Å². The van der Waals surface area contributed by atoms with E-state index in [0.717, 1.165) is 23.9 Å². The van der Waals surface area contributed by atoms with Crippen LogP contribution in [0.3, 0.4) is 0 Å². The predicted molar refractivity (Wildman–Crippen MR) is 74.5 cm³/mol. The molecule has 7 heteroatoms. The first-order valence-electron chi connectivity index (χ1n) is 6.49. The highest BCUT2D eigenvalue weighted by Gasteiger charge is 2.26. The molecule has 0 amide bonds. The molecule has 2 aromatic rings. The number of nitrogens with one attached hydrogen (secondary N) is 1. The number of hydrogen-bond donors (Lipinski definition) is 1. The topological polar surface area (TPSA) is 76.1 Å². The molecule has 3 rings (SSSR count). The summed E-state index contributed by atoms with van der Waals surface area (Å²) < 4.78 is 5.83. The fourth-order valence-electron chi connectivity index (χ4n) is 2.27. The van der Waals surface area contributed by atoms with Gasteiger partial charge in [-0.25, -0.2) is 15.0 Å². The monoisotopic (exact) mass is 272 g/mol. The molecule has 0 aromatic carbocycles. The van der Waals surface area contributed by atoms with E-state index in [1.165, 1.54) is 0 Å². The summed E-state index contributed by atoms with van der Waals surface area (Å²) in [6, 6.07) is 1.90. The SMILES string of the molecule is CNc1nccnc1[C@H]1CN(c2ccncn2)CCO1. The normalized spacial score (nSPS) is 18.9. The zero-order chi connectivity index (χ0) is 13.8. The van der Waals surface area contributed by atoms with Crippen LogP contribution in [0, 0.1) is 0 Å². The van der Waals surface area contributed by atoms with Crippen LogP contribution in [0.4, 0.5) is 11.6 Å². The van der Waals surface area contributed by atoms with E-state index in [9.17, 15) is 0 Å². The molecule has 0 saturated carbocycles. The molecule has 3 heterocycles. The Morgan fingerprint density at radius 1 is 1.25 bits per heavy atom. The van der Waals surface area contributed by atoms with Crippen molar-refractivity contribution in [2.24, 2.45) is 0 Å². The zero-order valence-electron chi connectivity index (χ0n) is 11.2. The van der Waals surface area contributed by atoms with Crippen molar-refractivity contribution in [2.75, 3.05) is 37.0 Å². The van der Waals surface area contributed by atoms with Crippen LogP contribution in [0.25, 0.3) is 0 Å². The first kappa shape index (κ1) is 12.7. The van der Waals surface area contributed by atoms with Crippen LogP contribution in [0.1, 0.15) is 11.8 Å². The quantitative estimate of drug-likeness (QED) is 0.889. The van der Waals surface area contributed by atoms with Crippen molar-refractivity contribution in [1.82, 2.24) is 19.9 Å². The Hall–Kier alpha value is -2.28. The summed E-state index contributed by atoms with van der Waals surface area (Å²) in [6.45, 7) is 2.14. The van der Waals surface area contributed by atoms with E-state index in [1.807, 2.05) is 13.1 Å². The summed E-state index contributed by atoms with van der Waals surface area (Å²) in [5.74, 6) is 1.66. The van der Waals surface area contributed by atoms with E-state index in [-0.39, 0.29) is 6.10 Å². The summed E-state index contributed by atoms with van der Waals surface area (Å²) in [7, 11) is 1.83. The number of anilines is 2. The second kappa shape index (κ2) is 5.79. The van der Waals surface area contributed by atoms with Crippen molar-refractivity contribution in [1.29, 1.82) is 0 Å². The zero-order valence-corrected chi connectivity index (χ0v) is 11.2. The minimum atomic E-state index is -0.116. The molecule has 0 spiro atoms. The molecular formula is C13H16N6O. The average Bonchev–Trinajstić information content (AvgIpc) is 2.56. The van der Waals surface area contributed by atoms with Crippen LogP contribution in [0.2, 0.25) is 0 Å². The van der Waals surface area contributed by atoms with E-state index in [0.29, 0.717) is 13.2 Å². The molecule has 104 valence electrons. The molecule has 1 saturated heterocycles. The van der Waals surface area contributed by atoms with Crippen molar-refractivity contribution < 1.29 is 4.74 Å². The van der Waals surface area contributed by atoms with Gasteiger partial charge in [0.1, 0.15) is 29.8 Å². The molecular weight excluding hydrogens is 256 g/mol. The molecule has 7 nitrogen and oxygen atoms in total. The molecule has 0 aliphatic carbocycles. The molecule has 1 atom stereocenters. The van der Waals surface area contributed by atoms with Crippen molar-refractivity contribution in [2.45, 2.75) is 6.10 Å². The van der Waals surface area contributed by atoms with Gasteiger partial charge >= 0.3 is 0 Å². The number of morpholine rings is 1. The smallest absolute Gasteiger partial charge is 0.150 e. The highest BCUT2D eigenvalue weighted by atomic mass is 16.5. The molecule has 0 unspecified atom stereocenters. The number of aromatic nitrogens is 4. The van der Waals surface area contributed by atoms with Crippen LogP contribution < -0.4 is 10.2 Å². The van der Waals surface area contributed by atoms with Crippen molar-refractivity contribution in [3.05, 3.63) is 36.7 Å². The fourth-order valence-corrected chi connectivity index (χ4v) is 2.27. The van der Waals surface area contributed by atoms with E-state index in [2.05, 4.69) is 30.2 Å². The van der Waals surface area contributed by atoms with E-state index < -0.39 is 0 Å². The van der Waals surface area contributed by atoms with E-state index >= 15 is 0 Å². The van der Waals surface area contributed by atoms with Gasteiger partial charge in [0, 0.05) is 32.2 Å². The van der Waals surface area contributed by atoms with Crippen LogP contribution in [-0.2, 0) is 4.74 Å². The van der Waals surface area contributed by atoms with Gasteiger partial charge < -0.3 is 15.0 Å². The number of nitrogens with zero attached hydrogens (tertiary/aromatic N) is 5. The first-order valence-corrected chi connectivity index (χ1v) is 6.49. The van der Waals surface area contributed by atoms with E-state index in [4.69, 9.17) is 4.74 Å². The minimum absolute atomic E-state index is 0.116. The first-order chi connectivity index (χ1) is 9.88. The summed E-state index contributed by atoms with van der Waals surface area (Å²) in [5.41, 5.74) is 0.828. The molecule has 0 bridgehead atoms.